The third-order valence-corrected chi connectivity index (χ3v) is 3.46. The van der Waals surface area contributed by atoms with Crippen LogP contribution in [0.1, 0.15) is 18.4 Å². The SMILES string of the molecule is CC(Cn1[nH]cnc1=S)c1ccc(Cl)cc1Cl. The second kappa shape index (κ2) is 5.21. The summed E-state index contributed by atoms with van der Waals surface area (Å²) < 4.78 is 2.35. The van der Waals surface area contributed by atoms with Gasteiger partial charge in [0.1, 0.15) is 6.33 Å². The van der Waals surface area contributed by atoms with Crippen molar-refractivity contribution in [3.8, 4) is 0 Å². The number of aromatic amines is 1. The van der Waals surface area contributed by atoms with Gasteiger partial charge in [0.15, 0.2) is 0 Å². The molecule has 1 N–H and O–H groups in total. The van der Waals surface area contributed by atoms with Crippen molar-refractivity contribution in [3.05, 3.63) is 44.9 Å². The maximum Gasteiger partial charge on any atom is 0.215 e. The van der Waals surface area contributed by atoms with Crippen molar-refractivity contribution in [2.24, 2.45) is 0 Å². The molecular weight excluding hydrogens is 277 g/mol. The van der Waals surface area contributed by atoms with Crippen LogP contribution in [0.5, 0.6) is 0 Å². The second-order valence-corrected chi connectivity index (χ2v) is 5.06. The molecule has 1 aromatic heterocycles. The Hall–Kier alpha value is -0.840. The zero-order valence-electron chi connectivity index (χ0n) is 9.15. The van der Waals surface area contributed by atoms with Gasteiger partial charge in [-0.2, -0.15) is 0 Å². The van der Waals surface area contributed by atoms with E-state index in [1.807, 2.05) is 16.8 Å². The molecule has 0 spiro atoms. The van der Waals surface area contributed by atoms with E-state index in [1.54, 1.807) is 12.4 Å². The Balaban J connectivity index is 2.23. The molecule has 0 bridgehead atoms. The molecule has 2 aromatic rings. The Bertz CT molecular complexity index is 576. The van der Waals surface area contributed by atoms with Crippen molar-refractivity contribution in [1.29, 1.82) is 0 Å². The number of rotatable bonds is 3. The lowest BCUT2D eigenvalue weighted by molar-refractivity contribution is 0.536. The summed E-state index contributed by atoms with van der Waals surface area (Å²) >= 11 is 17.1. The van der Waals surface area contributed by atoms with E-state index in [1.165, 1.54) is 0 Å². The first-order chi connectivity index (χ1) is 8.08. The lowest BCUT2D eigenvalue weighted by Crippen LogP contribution is -2.08. The number of nitrogens with zero attached hydrogens (tertiary/aromatic N) is 2. The highest BCUT2D eigenvalue weighted by Crippen LogP contribution is 2.28. The average Bonchev–Trinajstić information content (AvgIpc) is 2.64. The molecule has 0 aliphatic rings. The number of hydrogen-bond donors (Lipinski definition) is 1. The van der Waals surface area contributed by atoms with Gasteiger partial charge in [0.05, 0.1) is 0 Å². The summed E-state index contributed by atoms with van der Waals surface area (Å²) in [6.45, 7) is 2.79. The van der Waals surface area contributed by atoms with Gasteiger partial charge in [0.25, 0.3) is 0 Å². The molecular formula is C11H11Cl2N3S. The first kappa shape index (κ1) is 12.6. The van der Waals surface area contributed by atoms with E-state index in [-0.39, 0.29) is 5.92 Å². The highest BCUT2D eigenvalue weighted by atomic mass is 35.5. The predicted molar refractivity (Wildman–Crippen MR) is 72.3 cm³/mol. The minimum Gasteiger partial charge on any atom is -0.286 e. The lowest BCUT2D eigenvalue weighted by Gasteiger charge is -2.14. The van der Waals surface area contributed by atoms with Crippen LogP contribution in [0.4, 0.5) is 0 Å². The maximum atomic E-state index is 6.16. The van der Waals surface area contributed by atoms with Crippen molar-refractivity contribution in [2.75, 3.05) is 0 Å². The van der Waals surface area contributed by atoms with Crippen LogP contribution in [0, 0.1) is 4.77 Å². The van der Waals surface area contributed by atoms with E-state index >= 15 is 0 Å². The largest absolute Gasteiger partial charge is 0.286 e. The summed E-state index contributed by atoms with van der Waals surface area (Å²) in [7, 11) is 0. The van der Waals surface area contributed by atoms with E-state index in [0.29, 0.717) is 21.4 Å². The lowest BCUT2D eigenvalue weighted by atomic mass is 10.0. The van der Waals surface area contributed by atoms with Gasteiger partial charge in [0, 0.05) is 22.5 Å². The Morgan fingerprint density at radius 3 is 2.82 bits per heavy atom. The minimum atomic E-state index is 0.229. The number of benzene rings is 1. The molecule has 2 rings (SSSR count). The molecule has 0 aliphatic carbocycles. The molecule has 3 nitrogen and oxygen atoms in total. The number of hydrogen-bond acceptors (Lipinski definition) is 2. The zero-order chi connectivity index (χ0) is 12.4. The van der Waals surface area contributed by atoms with Crippen molar-refractivity contribution in [1.82, 2.24) is 14.8 Å². The fraction of sp³-hybridized carbons (Fsp3) is 0.273. The topological polar surface area (TPSA) is 33.6 Å². The minimum absolute atomic E-state index is 0.229. The van der Waals surface area contributed by atoms with Crippen molar-refractivity contribution >= 4 is 35.4 Å². The first-order valence-corrected chi connectivity index (χ1v) is 6.29. The maximum absolute atomic E-state index is 6.16. The summed E-state index contributed by atoms with van der Waals surface area (Å²) in [6.07, 6.45) is 1.58. The Kier molecular flexibility index (Phi) is 3.86. The molecule has 0 radical (unpaired) electrons. The van der Waals surface area contributed by atoms with Gasteiger partial charge >= 0.3 is 0 Å². The third-order valence-electron chi connectivity index (χ3n) is 2.57. The molecule has 0 fully saturated rings. The van der Waals surface area contributed by atoms with Crippen LogP contribution in [0.25, 0.3) is 0 Å². The third kappa shape index (κ3) is 2.89. The molecule has 17 heavy (non-hydrogen) atoms. The quantitative estimate of drug-likeness (QED) is 0.864. The molecule has 1 aromatic carbocycles. The smallest absolute Gasteiger partial charge is 0.215 e. The monoisotopic (exact) mass is 287 g/mol. The molecule has 1 atom stereocenters. The van der Waals surface area contributed by atoms with Gasteiger partial charge in [-0.15, -0.1) is 0 Å². The Morgan fingerprint density at radius 2 is 2.24 bits per heavy atom. The molecule has 0 saturated carbocycles. The fourth-order valence-electron chi connectivity index (χ4n) is 1.68. The molecule has 1 heterocycles. The van der Waals surface area contributed by atoms with E-state index in [2.05, 4.69) is 17.0 Å². The molecule has 0 amide bonds. The van der Waals surface area contributed by atoms with Crippen LogP contribution in [-0.4, -0.2) is 14.8 Å². The fourth-order valence-corrected chi connectivity index (χ4v) is 2.46. The van der Waals surface area contributed by atoms with Crippen LogP contribution in [0.3, 0.4) is 0 Å². The number of halogens is 2. The van der Waals surface area contributed by atoms with Gasteiger partial charge in [-0.05, 0) is 29.9 Å². The number of H-pyrrole nitrogens is 1. The van der Waals surface area contributed by atoms with E-state index in [4.69, 9.17) is 35.4 Å². The second-order valence-electron chi connectivity index (χ2n) is 3.85. The molecule has 90 valence electrons. The zero-order valence-corrected chi connectivity index (χ0v) is 11.5. The van der Waals surface area contributed by atoms with Crippen LogP contribution in [0.2, 0.25) is 10.0 Å². The summed E-state index contributed by atoms with van der Waals surface area (Å²) in [5.74, 6) is 0.229. The van der Waals surface area contributed by atoms with E-state index in [9.17, 15) is 0 Å². The highest BCUT2D eigenvalue weighted by molar-refractivity contribution is 7.71. The van der Waals surface area contributed by atoms with Crippen molar-refractivity contribution < 1.29 is 0 Å². The van der Waals surface area contributed by atoms with E-state index in [0.717, 1.165) is 5.56 Å². The highest BCUT2D eigenvalue weighted by Gasteiger charge is 2.11. The summed E-state index contributed by atoms with van der Waals surface area (Å²) in [4.78, 5) is 3.97. The molecule has 6 heteroatoms. The van der Waals surface area contributed by atoms with Crippen LogP contribution < -0.4 is 0 Å². The number of nitrogens with one attached hydrogen (secondary N) is 1. The molecule has 0 aliphatic heterocycles. The van der Waals surface area contributed by atoms with Crippen LogP contribution in [-0.2, 0) is 6.54 Å². The van der Waals surface area contributed by atoms with Crippen LogP contribution in [0.15, 0.2) is 24.5 Å². The summed E-state index contributed by atoms with van der Waals surface area (Å²) in [6, 6.07) is 5.53. The summed E-state index contributed by atoms with van der Waals surface area (Å²) in [5.41, 5.74) is 1.05. The first-order valence-electron chi connectivity index (χ1n) is 5.13. The standard InChI is InChI=1S/C11H11Cl2N3S/c1-7(5-16-11(17)14-6-15-16)9-3-2-8(12)4-10(9)13/h2-4,6-7H,5H2,1H3,(H,14,15,17). The molecule has 0 saturated heterocycles. The van der Waals surface area contributed by atoms with Gasteiger partial charge in [-0.25, -0.2) is 4.98 Å². The van der Waals surface area contributed by atoms with Gasteiger partial charge in [-0.3, -0.25) is 9.78 Å². The van der Waals surface area contributed by atoms with Crippen molar-refractivity contribution in [2.45, 2.75) is 19.4 Å². The van der Waals surface area contributed by atoms with Gasteiger partial charge in [0.2, 0.25) is 4.77 Å². The van der Waals surface area contributed by atoms with Gasteiger partial charge < -0.3 is 0 Å². The Morgan fingerprint density at radius 1 is 1.47 bits per heavy atom. The van der Waals surface area contributed by atoms with E-state index < -0.39 is 0 Å². The van der Waals surface area contributed by atoms with Crippen LogP contribution >= 0.6 is 35.4 Å². The van der Waals surface area contributed by atoms with Crippen molar-refractivity contribution in [3.63, 3.8) is 0 Å². The van der Waals surface area contributed by atoms with Gasteiger partial charge in [-0.1, -0.05) is 36.2 Å². The Labute approximate surface area is 114 Å². The number of aromatic nitrogens is 3. The molecule has 1 unspecified atom stereocenters. The normalized spacial score (nSPS) is 12.6. The summed E-state index contributed by atoms with van der Waals surface area (Å²) in [5, 5.41) is 4.29. The predicted octanol–water partition coefficient (Wildman–Crippen LogP) is 4.05. The average molecular weight is 288 g/mol.